The van der Waals surface area contributed by atoms with Gasteiger partial charge in [-0.3, -0.25) is 0 Å². The number of allylic oxidation sites excluding steroid dienone is 12. The van der Waals surface area contributed by atoms with Crippen LogP contribution in [0.3, 0.4) is 0 Å². The van der Waals surface area contributed by atoms with Gasteiger partial charge in [0, 0.05) is 55.3 Å². The number of fused-ring (bicyclic) bond motifs is 10. The van der Waals surface area contributed by atoms with Crippen LogP contribution in [0.4, 0.5) is 11.4 Å². The molecule has 0 saturated carbocycles. The predicted octanol–water partition coefficient (Wildman–Crippen LogP) is 13.2. The second kappa shape index (κ2) is 15.6. The minimum atomic E-state index is -0.215. The van der Waals surface area contributed by atoms with Crippen LogP contribution in [0.1, 0.15) is 134 Å². The van der Waals surface area contributed by atoms with Crippen LogP contribution in [-0.4, -0.2) is 17.3 Å². The van der Waals surface area contributed by atoms with Gasteiger partial charge in [-0.05, 0) is 148 Å². The van der Waals surface area contributed by atoms with Crippen molar-refractivity contribution in [1.29, 1.82) is 0 Å². The summed E-state index contributed by atoms with van der Waals surface area (Å²) in [5.41, 5.74) is 20.0. The lowest BCUT2D eigenvalue weighted by atomic mass is 9.33. The highest BCUT2D eigenvalue weighted by Crippen LogP contribution is 2.54. The van der Waals surface area contributed by atoms with Gasteiger partial charge in [0.05, 0.1) is 6.04 Å². The molecule has 3 heteroatoms. The lowest BCUT2D eigenvalue weighted by molar-refractivity contribution is 0.145. The summed E-state index contributed by atoms with van der Waals surface area (Å²) in [6.45, 7) is 22.5. The Morgan fingerprint density at radius 1 is 0.671 bits per heavy atom. The molecule has 4 unspecified atom stereocenters. The fraction of sp³-hybridized carbons (Fsp3) is 0.373. The predicted molar refractivity (Wildman–Crippen MR) is 300 cm³/mol. The zero-order valence-electron chi connectivity index (χ0n) is 43.2. The molecule has 0 fully saturated rings. The van der Waals surface area contributed by atoms with E-state index >= 15 is 0 Å². The molecule has 0 saturated heterocycles. The van der Waals surface area contributed by atoms with Gasteiger partial charge >= 0.3 is 0 Å². The van der Waals surface area contributed by atoms with Crippen molar-refractivity contribution in [2.45, 2.75) is 130 Å². The molecule has 5 atom stereocenters. The maximum atomic E-state index is 2.82. The molecule has 3 aliphatic heterocycles. The van der Waals surface area contributed by atoms with Crippen molar-refractivity contribution < 1.29 is 0 Å². The lowest BCUT2D eigenvalue weighted by Crippen LogP contribution is -2.62. The first kappa shape index (κ1) is 44.2. The van der Waals surface area contributed by atoms with Gasteiger partial charge in [-0.2, -0.15) is 0 Å². The Balaban J connectivity index is 1.10. The van der Waals surface area contributed by atoms with Gasteiger partial charge in [0.1, 0.15) is 0 Å². The van der Waals surface area contributed by atoms with Gasteiger partial charge < -0.3 is 9.47 Å². The number of hydrogen-bond donors (Lipinski definition) is 0. The molecule has 0 bridgehead atoms. The summed E-state index contributed by atoms with van der Waals surface area (Å²) >= 11 is 0. The molecule has 0 spiro atoms. The molecular formula is C67H71BN2. The highest BCUT2D eigenvalue weighted by atomic mass is 15.2. The van der Waals surface area contributed by atoms with Crippen molar-refractivity contribution in [1.82, 2.24) is 4.57 Å². The van der Waals surface area contributed by atoms with Crippen LogP contribution in [-0.2, 0) is 10.8 Å². The van der Waals surface area contributed by atoms with Crippen LogP contribution < -0.4 is 31.9 Å². The number of nitrogens with zero attached hydrogens (tertiary/aromatic N) is 2. The number of aromatic nitrogens is 1. The SMILES string of the molecule is Cc1cc2c3c(c1)-n1c4c(c5cc(C(C)(C)c6ccccc6)cc(c51)B3c1cc(C(C)(C)C3C=CC=CC3)cc3c1N2C1C=CC(C(C)(C)C2=CC=CCC2)=C[C@@H]31)=CC(C(C)(C)C1CC=CCC1)CC=4. The smallest absolute Gasteiger partial charge is 0.252 e. The fourth-order valence-electron chi connectivity index (χ4n) is 14.9. The molecule has 352 valence electrons. The standard InChI is InChI=1S/C67H71BN2/c1-42-34-59-61-60(35-42)70-58-33-31-48(65(4,5)44-24-16-11-17-25-44)37-52(58)54-39-50(67(8,9)46-28-20-13-21-29-46)41-56(63(54)70)68(61)55-40-49(66(6,7)45-26-18-12-19-27-45)38-53-51-36-47(30-32-57(51)69(59)62(53)55)64(2,3)43-22-14-10-15-23-43/h10-14,16,18-22,26,28-30,32-41,44-45,48,51,57H,15,17,23-25,27,31H2,1-9H3/t44?,45?,48?,51-,57?/m0/s1. The maximum absolute atomic E-state index is 2.82. The van der Waals surface area contributed by atoms with Crippen molar-refractivity contribution >= 4 is 57.5 Å². The summed E-state index contributed by atoms with van der Waals surface area (Å²) < 4.78 is 2.75. The van der Waals surface area contributed by atoms with Gasteiger partial charge in [0.2, 0.25) is 0 Å². The van der Waals surface area contributed by atoms with Crippen LogP contribution in [0.15, 0.2) is 151 Å². The van der Waals surface area contributed by atoms with Crippen LogP contribution in [0.5, 0.6) is 0 Å². The number of benzene rings is 4. The van der Waals surface area contributed by atoms with Crippen LogP contribution in [0.25, 0.3) is 28.7 Å². The average Bonchev–Trinajstić information content (AvgIpc) is 3.90. The first-order valence-corrected chi connectivity index (χ1v) is 27.0. The number of aryl methyl sites for hydroxylation is 1. The Morgan fingerprint density at radius 3 is 2.24 bits per heavy atom. The molecule has 2 nitrogen and oxygen atoms in total. The molecule has 4 heterocycles. The Kier molecular flexibility index (Phi) is 9.84. The van der Waals surface area contributed by atoms with Gasteiger partial charge in [0.25, 0.3) is 6.71 Å². The summed E-state index contributed by atoms with van der Waals surface area (Å²) in [6.07, 6.45) is 42.5. The molecule has 8 aliphatic rings. The van der Waals surface area contributed by atoms with Crippen LogP contribution in [0, 0.1) is 35.5 Å². The van der Waals surface area contributed by atoms with E-state index in [0.29, 0.717) is 17.8 Å². The molecular weight excluding hydrogens is 844 g/mol. The van der Waals surface area contributed by atoms with Crippen molar-refractivity contribution in [2.75, 3.05) is 4.90 Å². The Hall–Kier alpha value is -5.80. The normalized spacial score (nSPS) is 23.9. The van der Waals surface area contributed by atoms with Crippen molar-refractivity contribution in [3.63, 3.8) is 0 Å². The van der Waals surface area contributed by atoms with Gasteiger partial charge in [0.15, 0.2) is 0 Å². The van der Waals surface area contributed by atoms with E-state index in [-0.39, 0.29) is 40.3 Å². The minimum Gasteiger partial charge on any atom is -0.334 e. The second-order valence-electron chi connectivity index (χ2n) is 24.8. The van der Waals surface area contributed by atoms with E-state index in [9.17, 15) is 0 Å². The molecule has 4 aromatic carbocycles. The first-order valence-electron chi connectivity index (χ1n) is 27.0. The molecule has 0 N–H and O–H groups in total. The van der Waals surface area contributed by atoms with E-state index in [1.165, 1.54) is 113 Å². The summed E-state index contributed by atoms with van der Waals surface area (Å²) in [4.78, 5) is 2.82. The Bertz CT molecular complexity index is 3410. The highest BCUT2D eigenvalue weighted by molar-refractivity contribution is 7.00. The third kappa shape index (κ3) is 6.31. The lowest BCUT2D eigenvalue weighted by Gasteiger charge is -2.42. The topological polar surface area (TPSA) is 8.17 Å². The maximum Gasteiger partial charge on any atom is 0.252 e. The minimum absolute atomic E-state index is 0.0541. The molecule has 1 aromatic heterocycles. The second-order valence-corrected chi connectivity index (χ2v) is 24.8. The Labute approximate surface area is 418 Å². The van der Waals surface area contributed by atoms with Crippen LogP contribution >= 0.6 is 0 Å². The largest absolute Gasteiger partial charge is 0.334 e. The summed E-state index contributed by atoms with van der Waals surface area (Å²) in [5, 5.41) is 4.26. The van der Waals surface area contributed by atoms with Crippen LogP contribution in [0.2, 0.25) is 0 Å². The first-order chi connectivity index (χ1) is 33.7. The van der Waals surface area contributed by atoms with E-state index in [1.54, 1.807) is 0 Å². The van der Waals surface area contributed by atoms with Gasteiger partial charge in [-0.25, -0.2) is 0 Å². The third-order valence-electron chi connectivity index (χ3n) is 19.7. The van der Waals surface area contributed by atoms with Crippen molar-refractivity contribution in [3.05, 3.63) is 189 Å². The van der Waals surface area contributed by atoms with E-state index in [0.717, 1.165) is 25.7 Å². The van der Waals surface area contributed by atoms with Crippen molar-refractivity contribution in [3.8, 4) is 5.69 Å². The molecule has 5 aliphatic carbocycles. The zero-order chi connectivity index (χ0) is 48.1. The molecule has 13 rings (SSSR count). The quantitative estimate of drug-likeness (QED) is 0.109. The van der Waals surface area contributed by atoms with Gasteiger partial charge in [-0.15, -0.1) is 0 Å². The fourth-order valence-corrected chi connectivity index (χ4v) is 14.9. The van der Waals surface area contributed by atoms with E-state index < -0.39 is 0 Å². The summed E-state index contributed by atoms with van der Waals surface area (Å²) in [7, 11) is 0. The molecule has 0 amide bonds. The van der Waals surface area contributed by atoms with E-state index in [4.69, 9.17) is 0 Å². The van der Waals surface area contributed by atoms with Gasteiger partial charge in [-0.1, -0.05) is 195 Å². The Morgan fingerprint density at radius 2 is 1.49 bits per heavy atom. The number of rotatable bonds is 8. The summed E-state index contributed by atoms with van der Waals surface area (Å²) in [6, 6.07) is 27.3. The highest BCUT2D eigenvalue weighted by Gasteiger charge is 2.51. The average molecular weight is 915 g/mol. The number of anilines is 2. The number of hydrogen-bond acceptors (Lipinski definition) is 1. The molecule has 0 radical (unpaired) electrons. The molecule has 5 aromatic rings. The van der Waals surface area contributed by atoms with Crippen molar-refractivity contribution in [2.24, 2.45) is 28.6 Å². The third-order valence-corrected chi connectivity index (χ3v) is 19.7. The van der Waals surface area contributed by atoms with E-state index in [1.807, 2.05) is 0 Å². The molecule has 70 heavy (non-hydrogen) atoms. The monoisotopic (exact) mass is 915 g/mol. The summed E-state index contributed by atoms with van der Waals surface area (Å²) in [5.74, 6) is 1.80. The van der Waals surface area contributed by atoms with E-state index in [2.05, 4.69) is 224 Å². The zero-order valence-corrected chi connectivity index (χ0v) is 43.2.